The average Bonchev–Trinajstić information content (AvgIpc) is 3.26. The Balaban J connectivity index is 1.48. The van der Waals surface area contributed by atoms with Crippen LogP contribution >= 0.6 is 0 Å². The van der Waals surface area contributed by atoms with Crippen molar-refractivity contribution in [3.8, 4) is 0 Å². The number of alkyl halides is 3. The van der Waals surface area contributed by atoms with Crippen LogP contribution in [0.25, 0.3) is 0 Å². The highest BCUT2D eigenvalue weighted by atomic mass is 19.4. The number of rotatable bonds is 5. The molecule has 0 spiro atoms. The number of halogens is 3. The summed E-state index contributed by atoms with van der Waals surface area (Å²) in [5, 5.41) is 6.49. The van der Waals surface area contributed by atoms with Crippen molar-refractivity contribution in [2.75, 3.05) is 0 Å². The van der Waals surface area contributed by atoms with E-state index in [9.17, 15) is 18.0 Å². The first-order valence-electron chi connectivity index (χ1n) is 9.55. The maximum Gasteiger partial charge on any atom is 0.435 e. The van der Waals surface area contributed by atoms with Crippen LogP contribution in [0.2, 0.25) is 0 Å². The van der Waals surface area contributed by atoms with E-state index in [2.05, 4.69) is 15.5 Å². The van der Waals surface area contributed by atoms with E-state index in [4.69, 9.17) is 4.84 Å². The quantitative estimate of drug-likeness (QED) is 0.650. The first-order chi connectivity index (χ1) is 14.9. The number of amides is 1. The lowest BCUT2D eigenvalue weighted by Crippen LogP contribution is -2.42. The molecule has 2 heterocycles. The Morgan fingerprint density at radius 2 is 1.71 bits per heavy atom. The third kappa shape index (κ3) is 4.14. The summed E-state index contributed by atoms with van der Waals surface area (Å²) in [4.78, 5) is 21.5. The topological polar surface area (TPSA) is 63.6 Å². The van der Waals surface area contributed by atoms with E-state index in [0.29, 0.717) is 16.8 Å². The van der Waals surface area contributed by atoms with E-state index in [-0.39, 0.29) is 23.7 Å². The lowest BCUT2D eigenvalue weighted by Gasteiger charge is -2.29. The molecule has 1 atom stereocenters. The van der Waals surface area contributed by atoms with Crippen LogP contribution in [0.5, 0.6) is 0 Å². The van der Waals surface area contributed by atoms with Crippen molar-refractivity contribution in [1.82, 2.24) is 10.3 Å². The molecule has 0 bridgehead atoms. The van der Waals surface area contributed by atoms with Gasteiger partial charge in [0.25, 0.3) is 11.5 Å². The van der Waals surface area contributed by atoms with Crippen LogP contribution in [0.3, 0.4) is 0 Å². The van der Waals surface area contributed by atoms with Crippen LogP contribution in [0.4, 0.5) is 13.2 Å². The number of benzene rings is 2. The Bertz CT molecular complexity index is 1080. The number of aromatic nitrogens is 1. The number of nitrogens with one attached hydrogen (secondary N) is 1. The minimum Gasteiger partial charge on any atom is -0.374 e. The maximum atomic E-state index is 13.9. The lowest BCUT2D eigenvalue weighted by molar-refractivity contribution is -0.275. The molecular weight excluding hydrogens is 407 g/mol. The second-order valence-electron chi connectivity index (χ2n) is 7.08. The third-order valence-corrected chi connectivity index (χ3v) is 5.06. The number of nitrogens with zero attached hydrogens (tertiary/aromatic N) is 2. The molecule has 5 nitrogen and oxygen atoms in total. The molecule has 8 heteroatoms. The molecule has 31 heavy (non-hydrogen) atoms. The minimum absolute atomic E-state index is 0.00762. The average molecular weight is 425 g/mol. The van der Waals surface area contributed by atoms with Crippen LogP contribution in [0.1, 0.15) is 33.6 Å². The van der Waals surface area contributed by atoms with Gasteiger partial charge in [-0.05, 0) is 29.8 Å². The van der Waals surface area contributed by atoms with Crippen LogP contribution < -0.4 is 5.32 Å². The van der Waals surface area contributed by atoms with Gasteiger partial charge >= 0.3 is 6.18 Å². The number of hydrogen-bond donors (Lipinski definition) is 1. The van der Waals surface area contributed by atoms with Crippen molar-refractivity contribution in [2.45, 2.75) is 24.7 Å². The fraction of sp³-hybridized carbons (Fsp3) is 0.174. The zero-order valence-electron chi connectivity index (χ0n) is 16.3. The molecule has 1 amide bonds. The first kappa shape index (κ1) is 20.6. The zero-order chi connectivity index (χ0) is 21.9. The molecule has 2 aromatic carbocycles. The van der Waals surface area contributed by atoms with Crippen molar-refractivity contribution in [3.05, 3.63) is 101 Å². The SMILES string of the molecule is O=C(NCc1ccccn1)c1ccc(C2=NOC(c3ccccc3)(C(F)(F)F)C2)cc1. The van der Waals surface area contributed by atoms with Crippen LogP contribution in [0.15, 0.2) is 84.1 Å². The molecule has 1 aliphatic rings. The summed E-state index contributed by atoms with van der Waals surface area (Å²) in [6.07, 6.45) is -3.46. The van der Waals surface area contributed by atoms with Crippen molar-refractivity contribution >= 4 is 11.6 Å². The number of carbonyl (C=O) groups is 1. The molecule has 0 saturated heterocycles. The number of oxime groups is 1. The van der Waals surface area contributed by atoms with Gasteiger partial charge in [-0.2, -0.15) is 13.2 Å². The smallest absolute Gasteiger partial charge is 0.374 e. The second-order valence-corrected chi connectivity index (χ2v) is 7.08. The molecule has 0 radical (unpaired) electrons. The molecule has 1 unspecified atom stereocenters. The molecule has 0 saturated carbocycles. The van der Waals surface area contributed by atoms with Gasteiger partial charge in [0.05, 0.1) is 18.0 Å². The molecule has 1 N–H and O–H groups in total. The summed E-state index contributed by atoms with van der Waals surface area (Å²) in [7, 11) is 0. The van der Waals surface area contributed by atoms with Crippen LogP contribution in [0, 0.1) is 0 Å². The van der Waals surface area contributed by atoms with E-state index in [1.165, 1.54) is 24.3 Å². The fourth-order valence-electron chi connectivity index (χ4n) is 3.36. The van der Waals surface area contributed by atoms with Crippen LogP contribution in [-0.2, 0) is 17.0 Å². The van der Waals surface area contributed by atoms with Gasteiger partial charge in [0.2, 0.25) is 0 Å². The van der Waals surface area contributed by atoms with Gasteiger partial charge in [0.1, 0.15) is 0 Å². The summed E-state index contributed by atoms with van der Waals surface area (Å²) in [5.74, 6) is -0.310. The predicted octanol–water partition coefficient (Wildman–Crippen LogP) is 4.59. The predicted molar refractivity (Wildman–Crippen MR) is 108 cm³/mol. The summed E-state index contributed by atoms with van der Waals surface area (Å²) >= 11 is 0. The Morgan fingerprint density at radius 3 is 2.35 bits per heavy atom. The van der Waals surface area contributed by atoms with E-state index >= 15 is 0 Å². The standard InChI is InChI=1S/C23H18F3N3O2/c24-23(25,26)22(18-6-2-1-3-7-18)14-20(29-31-22)16-9-11-17(12-10-16)21(30)28-15-19-8-4-5-13-27-19/h1-13H,14-15H2,(H,28,30). The van der Waals surface area contributed by atoms with Crippen molar-refractivity contribution < 1.29 is 22.8 Å². The molecule has 1 aromatic heterocycles. The third-order valence-electron chi connectivity index (χ3n) is 5.06. The number of pyridine rings is 1. The van der Waals surface area contributed by atoms with Crippen molar-refractivity contribution in [1.29, 1.82) is 0 Å². The van der Waals surface area contributed by atoms with Gasteiger partial charge in [0, 0.05) is 23.7 Å². The Hall–Kier alpha value is -3.68. The molecule has 3 aromatic rings. The highest BCUT2D eigenvalue weighted by Crippen LogP contribution is 2.48. The Kier molecular flexibility index (Phi) is 5.46. The van der Waals surface area contributed by atoms with Crippen molar-refractivity contribution in [2.24, 2.45) is 5.16 Å². The Labute approximate surface area is 176 Å². The fourth-order valence-corrected chi connectivity index (χ4v) is 3.36. The largest absolute Gasteiger partial charge is 0.435 e. The van der Waals surface area contributed by atoms with Gasteiger partial charge in [-0.1, -0.05) is 53.7 Å². The number of hydrogen-bond acceptors (Lipinski definition) is 4. The van der Waals surface area contributed by atoms with Gasteiger partial charge in [-0.25, -0.2) is 0 Å². The highest BCUT2D eigenvalue weighted by molar-refractivity contribution is 6.03. The molecule has 1 aliphatic heterocycles. The maximum absolute atomic E-state index is 13.9. The van der Waals surface area contributed by atoms with E-state index in [1.807, 2.05) is 6.07 Å². The first-order valence-corrected chi connectivity index (χ1v) is 9.55. The molecule has 0 fully saturated rings. The minimum atomic E-state index is -4.65. The zero-order valence-corrected chi connectivity index (χ0v) is 16.3. The highest BCUT2D eigenvalue weighted by Gasteiger charge is 2.62. The summed E-state index contributed by atoms with van der Waals surface area (Å²) in [6, 6.07) is 19.1. The van der Waals surface area contributed by atoms with Gasteiger partial charge in [0.15, 0.2) is 0 Å². The normalized spacial score (nSPS) is 18.2. The van der Waals surface area contributed by atoms with Crippen LogP contribution in [-0.4, -0.2) is 22.8 Å². The van der Waals surface area contributed by atoms with E-state index in [1.54, 1.807) is 48.7 Å². The number of carbonyl (C=O) groups excluding carboxylic acids is 1. The summed E-state index contributed by atoms with van der Waals surface area (Å²) in [6.45, 7) is 0.271. The second kappa shape index (κ2) is 8.22. The Morgan fingerprint density at radius 1 is 1.00 bits per heavy atom. The monoisotopic (exact) mass is 425 g/mol. The van der Waals surface area contributed by atoms with Gasteiger partial charge in [-0.15, -0.1) is 0 Å². The van der Waals surface area contributed by atoms with Crippen molar-refractivity contribution in [3.63, 3.8) is 0 Å². The lowest BCUT2D eigenvalue weighted by atomic mass is 9.86. The van der Waals surface area contributed by atoms with Gasteiger partial charge < -0.3 is 10.2 Å². The molecule has 4 rings (SSSR count). The van der Waals surface area contributed by atoms with E-state index in [0.717, 1.165) is 0 Å². The summed E-state index contributed by atoms with van der Waals surface area (Å²) < 4.78 is 41.8. The molecular formula is C23H18F3N3O2. The molecule has 0 aliphatic carbocycles. The molecule has 158 valence electrons. The van der Waals surface area contributed by atoms with E-state index < -0.39 is 18.2 Å². The van der Waals surface area contributed by atoms with Gasteiger partial charge in [-0.3, -0.25) is 9.78 Å². The summed E-state index contributed by atoms with van der Waals surface area (Å²) in [5.41, 5.74) is -0.808.